The highest BCUT2D eigenvalue weighted by Crippen LogP contribution is 2.37. The first kappa shape index (κ1) is 17.2. The van der Waals surface area contributed by atoms with Crippen molar-refractivity contribution < 1.29 is 18.8 Å². The first-order chi connectivity index (χ1) is 12.6. The van der Waals surface area contributed by atoms with Crippen LogP contribution in [0.3, 0.4) is 0 Å². The maximum Gasteiger partial charge on any atom is 0.292 e. The third kappa shape index (κ3) is 3.64. The van der Waals surface area contributed by atoms with Gasteiger partial charge in [-0.05, 0) is 37.5 Å². The molecule has 4 heterocycles. The van der Waals surface area contributed by atoms with E-state index in [2.05, 4.69) is 10.1 Å². The van der Waals surface area contributed by atoms with Crippen LogP contribution < -0.4 is 0 Å². The number of aromatic nitrogens is 2. The Labute approximate surface area is 152 Å². The van der Waals surface area contributed by atoms with Crippen LogP contribution in [0.4, 0.5) is 0 Å². The van der Waals surface area contributed by atoms with Crippen LogP contribution in [0.15, 0.2) is 35.1 Å². The summed E-state index contributed by atoms with van der Waals surface area (Å²) in [6.45, 7) is 4.32. The van der Waals surface area contributed by atoms with Crippen LogP contribution in [0.2, 0.25) is 0 Å². The molecule has 0 radical (unpaired) electrons. The molecular formula is C19H23N3O4. The van der Waals surface area contributed by atoms with E-state index in [9.17, 15) is 4.79 Å². The molecule has 2 aromatic heterocycles. The van der Waals surface area contributed by atoms with Crippen molar-refractivity contribution >= 4 is 5.91 Å². The van der Waals surface area contributed by atoms with Crippen molar-refractivity contribution in [2.75, 3.05) is 19.7 Å². The van der Waals surface area contributed by atoms with Crippen LogP contribution >= 0.6 is 0 Å². The molecule has 26 heavy (non-hydrogen) atoms. The number of carbonyl (C=O) groups excluding carboxylic acids is 1. The molecule has 0 aromatic carbocycles. The van der Waals surface area contributed by atoms with E-state index in [-0.39, 0.29) is 17.6 Å². The van der Waals surface area contributed by atoms with Crippen molar-refractivity contribution in [3.63, 3.8) is 0 Å². The number of hydrogen-bond donors (Lipinski definition) is 0. The molecule has 1 spiro atoms. The van der Waals surface area contributed by atoms with Gasteiger partial charge in [-0.25, -0.2) is 0 Å². The van der Waals surface area contributed by atoms with Gasteiger partial charge in [0.05, 0.1) is 30.6 Å². The first-order valence-corrected chi connectivity index (χ1v) is 9.01. The number of ether oxygens (including phenoxy) is 2. The van der Waals surface area contributed by atoms with E-state index < -0.39 is 0 Å². The van der Waals surface area contributed by atoms with Crippen molar-refractivity contribution in [2.24, 2.45) is 0 Å². The summed E-state index contributed by atoms with van der Waals surface area (Å²) in [4.78, 5) is 18.3. The Hall–Kier alpha value is -2.25. The largest absolute Gasteiger partial charge is 0.372 e. The van der Waals surface area contributed by atoms with E-state index in [0.717, 1.165) is 30.5 Å². The summed E-state index contributed by atoms with van der Waals surface area (Å²) >= 11 is 0. The molecule has 7 heteroatoms. The topological polar surface area (TPSA) is 77.7 Å². The van der Waals surface area contributed by atoms with E-state index >= 15 is 0 Å². The van der Waals surface area contributed by atoms with Crippen LogP contribution in [0.5, 0.6) is 0 Å². The van der Waals surface area contributed by atoms with Gasteiger partial charge in [-0.3, -0.25) is 9.78 Å². The molecule has 0 unspecified atom stereocenters. The lowest BCUT2D eigenvalue weighted by Crippen LogP contribution is -2.46. The summed E-state index contributed by atoms with van der Waals surface area (Å²) in [7, 11) is 0. The predicted molar refractivity (Wildman–Crippen MR) is 92.5 cm³/mol. The SMILES string of the molecule is Cc1cc(C(=O)N2CCC3(CC2)C[C@@H](OCc2ccncc2)CO3)on1. The van der Waals surface area contributed by atoms with Crippen molar-refractivity contribution in [3.05, 3.63) is 47.6 Å². The maximum absolute atomic E-state index is 12.5. The quantitative estimate of drug-likeness (QED) is 0.836. The third-order valence-corrected chi connectivity index (χ3v) is 5.21. The second-order valence-electron chi connectivity index (χ2n) is 7.11. The number of pyridine rings is 1. The normalized spacial score (nSPS) is 22.0. The van der Waals surface area contributed by atoms with Crippen LogP contribution in [0.25, 0.3) is 0 Å². The molecule has 1 amide bonds. The van der Waals surface area contributed by atoms with Gasteiger partial charge in [-0.15, -0.1) is 0 Å². The first-order valence-electron chi connectivity index (χ1n) is 9.01. The maximum atomic E-state index is 12.5. The minimum absolute atomic E-state index is 0.0936. The lowest BCUT2D eigenvalue weighted by atomic mass is 9.88. The van der Waals surface area contributed by atoms with Crippen molar-refractivity contribution in [1.82, 2.24) is 15.0 Å². The lowest BCUT2D eigenvalue weighted by molar-refractivity contribution is -0.0417. The minimum Gasteiger partial charge on any atom is -0.372 e. The number of aryl methyl sites for hydroxylation is 1. The van der Waals surface area contributed by atoms with Crippen molar-refractivity contribution in [2.45, 2.75) is 44.5 Å². The Bertz CT molecular complexity index is 753. The minimum atomic E-state index is -0.170. The average molecular weight is 357 g/mol. The molecule has 1 atom stereocenters. The molecule has 138 valence electrons. The molecular weight excluding hydrogens is 334 g/mol. The zero-order valence-corrected chi connectivity index (χ0v) is 14.9. The Morgan fingerprint density at radius 1 is 1.35 bits per heavy atom. The van der Waals surface area contributed by atoms with Gasteiger partial charge in [0.25, 0.3) is 5.91 Å². The summed E-state index contributed by atoms with van der Waals surface area (Å²) in [5.41, 5.74) is 1.66. The lowest BCUT2D eigenvalue weighted by Gasteiger charge is -2.38. The summed E-state index contributed by atoms with van der Waals surface area (Å²) in [6.07, 6.45) is 6.16. The van der Waals surface area contributed by atoms with Crippen LogP contribution in [0.1, 0.15) is 41.1 Å². The van der Waals surface area contributed by atoms with Gasteiger partial charge >= 0.3 is 0 Å². The van der Waals surface area contributed by atoms with Crippen LogP contribution in [0, 0.1) is 6.92 Å². The predicted octanol–water partition coefficient (Wildman–Crippen LogP) is 2.36. The molecule has 0 aliphatic carbocycles. The van der Waals surface area contributed by atoms with Gasteiger partial charge in [0.1, 0.15) is 0 Å². The summed E-state index contributed by atoms with van der Waals surface area (Å²) in [5.74, 6) is 0.216. The van der Waals surface area contributed by atoms with Gasteiger partial charge < -0.3 is 18.9 Å². The summed E-state index contributed by atoms with van der Waals surface area (Å²) in [6, 6.07) is 5.60. The summed E-state index contributed by atoms with van der Waals surface area (Å²) < 4.78 is 17.2. The van der Waals surface area contributed by atoms with Crippen molar-refractivity contribution in [1.29, 1.82) is 0 Å². The molecule has 2 aliphatic rings. The van der Waals surface area contributed by atoms with E-state index in [1.165, 1.54) is 0 Å². The van der Waals surface area contributed by atoms with Gasteiger partial charge in [0, 0.05) is 38.0 Å². The Kier molecular flexibility index (Phi) is 4.74. The second kappa shape index (κ2) is 7.17. The highest BCUT2D eigenvalue weighted by atomic mass is 16.6. The smallest absolute Gasteiger partial charge is 0.292 e. The molecule has 4 rings (SSSR count). The fourth-order valence-corrected chi connectivity index (χ4v) is 3.69. The van der Waals surface area contributed by atoms with Gasteiger partial charge in [0.2, 0.25) is 5.76 Å². The fraction of sp³-hybridized carbons (Fsp3) is 0.526. The zero-order valence-electron chi connectivity index (χ0n) is 14.9. The molecule has 2 fully saturated rings. The van der Waals surface area contributed by atoms with E-state index in [0.29, 0.717) is 32.1 Å². The van der Waals surface area contributed by atoms with Crippen LogP contribution in [-0.2, 0) is 16.1 Å². The average Bonchev–Trinajstić information content (AvgIpc) is 3.28. The van der Waals surface area contributed by atoms with Gasteiger partial charge in [-0.1, -0.05) is 5.16 Å². The Morgan fingerprint density at radius 3 is 2.81 bits per heavy atom. The van der Waals surface area contributed by atoms with Gasteiger partial charge in [0.15, 0.2) is 0 Å². The Balaban J connectivity index is 1.28. The van der Waals surface area contributed by atoms with E-state index in [1.807, 2.05) is 24.0 Å². The number of hydrogen-bond acceptors (Lipinski definition) is 6. The number of carbonyl (C=O) groups is 1. The van der Waals surface area contributed by atoms with E-state index in [1.54, 1.807) is 18.5 Å². The van der Waals surface area contributed by atoms with Crippen molar-refractivity contribution in [3.8, 4) is 0 Å². The molecule has 0 N–H and O–H groups in total. The number of piperidine rings is 1. The Morgan fingerprint density at radius 2 is 2.12 bits per heavy atom. The highest BCUT2D eigenvalue weighted by Gasteiger charge is 2.44. The number of nitrogens with zero attached hydrogens (tertiary/aromatic N) is 3. The van der Waals surface area contributed by atoms with E-state index in [4.69, 9.17) is 14.0 Å². The standard InChI is InChI=1S/C19H23N3O4/c1-14-10-17(26-21-14)18(23)22-8-4-19(5-9-22)11-16(13-25-19)24-12-15-2-6-20-7-3-15/h2-3,6-7,10,16H,4-5,8-9,11-13H2,1H3/t16-/m1/s1. The third-order valence-electron chi connectivity index (χ3n) is 5.21. The molecule has 0 saturated carbocycles. The highest BCUT2D eigenvalue weighted by molar-refractivity contribution is 5.91. The molecule has 7 nitrogen and oxygen atoms in total. The molecule has 2 saturated heterocycles. The monoisotopic (exact) mass is 357 g/mol. The molecule has 2 aliphatic heterocycles. The fourth-order valence-electron chi connectivity index (χ4n) is 3.69. The van der Waals surface area contributed by atoms with Gasteiger partial charge in [-0.2, -0.15) is 0 Å². The molecule has 0 bridgehead atoms. The summed E-state index contributed by atoms with van der Waals surface area (Å²) in [5, 5.41) is 3.79. The zero-order chi connectivity index (χ0) is 18.0. The second-order valence-corrected chi connectivity index (χ2v) is 7.11. The number of amides is 1. The number of likely N-dealkylation sites (tertiary alicyclic amines) is 1. The molecule has 2 aromatic rings. The van der Waals surface area contributed by atoms with Crippen LogP contribution in [-0.4, -0.2) is 52.3 Å². The number of rotatable bonds is 4.